The number of carbonyl (C=O) groups is 1. The van der Waals surface area contributed by atoms with Crippen LogP contribution in [0.5, 0.6) is 0 Å². The van der Waals surface area contributed by atoms with Crippen molar-refractivity contribution >= 4 is 12.1 Å². The van der Waals surface area contributed by atoms with E-state index in [2.05, 4.69) is 15.5 Å². The minimum Gasteiger partial charge on any atom is -0.387 e. The molecule has 0 saturated carbocycles. The summed E-state index contributed by atoms with van der Waals surface area (Å²) >= 11 is 0. The first-order valence-electron chi connectivity index (χ1n) is 6.98. The maximum Gasteiger partial charge on any atom is 0.168 e. The Hall–Kier alpha value is -2.96. The smallest absolute Gasteiger partial charge is 0.168 e. The zero-order chi connectivity index (χ0) is 17.2. The van der Waals surface area contributed by atoms with E-state index < -0.39 is 0 Å². The third-order valence-corrected chi connectivity index (χ3v) is 2.87. The predicted molar refractivity (Wildman–Crippen MR) is 88.2 cm³/mol. The molecule has 23 heavy (non-hydrogen) atoms. The number of aromatic nitrogens is 2. The molecule has 0 aliphatic carbocycles. The van der Waals surface area contributed by atoms with Crippen LogP contribution < -0.4 is 11.1 Å². The highest BCUT2D eigenvalue weighted by Gasteiger charge is 2.06. The Morgan fingerprint density at radius 3 is 2.61 bits per heavy atom. The number of hydrogen-bond acceptors (Lipinski definition) is 6. The molecule has 0 fully saturated rings. The zero-order valence-corrected chi connectivity index (χ0v) is 13.5. The van der Waals surface area contributed by atoms with Gasteiger partial charge in [-0.05, 0) is 39.0 Å². The van der Waals surface area contributed by atoms with Crippen LogP contribution >= 0.6 is 0 Å². The molecule has 2 rings (SSSR count). The largest absolute Gasteiger partial charge is 0.387 e. The quantitative estimate of drug-likeness (QED) is 0.441. The molecule has 0 amide bonds. The van der Waals surface area contributed by atoms with Crippen molar-refractivity contribution in [1.82, 2.24) is 15.5 Å². The maximum absolute atomic E-state index is 10.1. The van der Waals surface area contributed by atoms with Gasteiger partial charge in [-0.3, -0.25) is 15.2 Å². The van der Waals surface area contributed by atoms with Gasteiger partial charge in [0.2, 0.25) is 0 Å². The lowest BCUT2D eigenvalue weighted by atomic mass is 10.2. The van der Waals surface area contributed by atoms with E-state index in [9.17, 15) is 4.79 Å². The van der Waals surface area contributed by atoms with Crippen LogP contribution in [0.1, 0.15) is 33.2 Å². The van der Waals surface area contributed by atoms with E-state index in [4.69, 9.17) is 15.7 Å². The zero-order valence-electron chi connectivity index (χ0n) is 13.5. The summed E-state index contributed by atoms with van der Waals surface area (Å²) in [4.78, 5) is 14.0. The Bertz CT molecular complexity index is 672. The first-order chi connectivity index (χ1) is 10.9. The van der Waals surface area contributed by atoms with E-state index in [0.717, 1.165) is 29.0 Å². The van der Waals surface area contributed by atoms with Gasteiger partial charge in [0.05, 0.1) is 5.69 Å². The average Bonchev–Trinajstić information content (AvgIpc) is 2.83. The Morgan fingerprint density at radius 1 is 1.39 bits per heavy atom. The summed E-state index contributed by atoms with van der Waals surface area (Å²) in [7, 11) is 0. The molecule has 0 aliphatic rings. The van der Waals surface area contributed by atoms with E-state index >= 15 is 0 Å². The lowest BCUT2D eigenvalue weighted by molar-refractivity contribution is 0.111. The number of hydrogen-bond donors (Lipinski definition) is 3. The summed E-state index contributed by atoms with van der Waals surface area (Å²) in [5.41, 5.74) is 8.43. The van der Waals surface area contributed by atoms with E-state index in [0.29, 0.717) is 12.2 Å². The van der Waals surface area contributed by atoms with Crippen LogP contribution in [-0.2, 0) is 6.54 Å². The van der Waals surface area contributed by atoms with Gasteiger partial charge in [-0.1, -0.05) is 11.2 Å². The number of pyridine rings is 1. The highest BCUT2D eigenvalue weighted by Crippen LogP contribution is 2.11. The van der Waals surface area contributed by atoms with Crippen molar-refractivity contribution in [3.63, 3.8) is 0 Å². The summed E-state index contributed by atoms with van der Waals surface area (Å²) in [5.74, 6) is 0.836. The molecule has 0 spiro atoms. The lowest BCUT2D eigenvalue weighted by Gasteiger charge is -1.98. The third kappa shape index (κ3) is 6.56. The number of nitrogens with zero attached hydrogens (tertiary/aromatic N) is 2. The first kappa shape index (κ1) is 18.1. The van der Waals surface area contributed by atoms with Crippen LogP contribution in [0, 0.1) is 26.2 Å². The molecular weight excluding hydrogens is 294 g/mol. The molecule has 0 bridgehead atoms. The van der Waals surface area contributed by atoms with Gasteiger partial charge >= 0.3 is 0 Å². The second-order valence-electron chi connectivity index (χ2n) is 4.79. The molecule has 7 heteroatoms. The van der Waals surface area contributed by atoms with Crippen LogP contribution in [0.15, 0.2) is 35.0 Å². The second kappa shape index (κ2) is 9.14. The molecular formula is C16H21N5O2. The van der Waals surface area contributed by atoms with Gasteiger partial charge in [0, 0.05) is 24.0 Å². The molecule has 0 unspecified atom stereocenters. The van der Waals surface area contributed by atoms with Gasteiger partial charge in [0.15, 0.2) is 6.29 Å². The minimum absolute atomic E-state index is 0.0243. The average molecular weight is 315 g/mol. The van der Waals surface area contributed by atoms with Gasteiger partial charge in [-0.25, -0.2) is 0 Å². The van der Waals surface area contributed by atoms with Crippen LogP contribution in [0.4, 0.5) is 0 Å². The standard InChI is InChI=1S/C9H14N4O.C7H7NO/c1-6-8(7(2)14-13-6)5-12-4-3-9(10)11;1-6-3-2-4-7(5-9)8-6/h3-4,12H,5H2,1-2H3,(H3,10,11);2-5H,1H3/b4-3-;. The predicted octanol–water partition coefficient (Wildman–Crippen LogP) is 2.03. The van der Waals surface area contributed by atoms with E-state index in [-0.39, 0.29) is 5.84 Å². The van der Waals surface area contributed by atoms with Crippen molar-refractivity contribution in [2.45, 2.75) is 27.3 Å². The van der Waals surface area contributed by atoms with Gasteiger partial charge in [-0.15, -0.1) is 0 Å². The summed E-state index contributed by atoms with van der Waals surface area (Å²) in [6.45, 7) is 6.24. The number of amidine groups is 1. The number of aryl methyl sites for hydroxylation is 3. The van der Waals surface area contributed by atoms with Gasteiger partial charge in [0.25, 0.3) is 0 Å². The molecule has 7 nitrogen and oxygen atoms in total. The van der Waals surface area contributed by atoms with Gasteiger partial charge < -0.3 is 15.6 Å². The van der Waals surface area contributed by atoms with Gasteiger partial charge in [0.1, 0.15) is 17.3 Å². The number of nitrogens with two attached hydrogens (primary N) is 1. The number of aldehydes is 1. The van der Waals surface area contributed by atoms with Crippen LogP contribution in [-0.4, -0.2) is 22.3 Å². The summed E-state index contributed by atoms with van der Waals surface area (Å²) in [5, 5.41) is 13.8. The maximum atomic E-state index is 10.1. The number of carbonyl (C=O) groups excluding carboxylic acids is 1. The van der Waals surface area contributed by atoms with Crippen molar-refractivity contribution in [3.05, 3.63) is 58.9 Å². The Morgan fingerprint density at radius 2 is 2.13 bits per heavy atom. The fraction of sp³-hybridized carbons (Fsp3) is 0.250. The SMILES string of the molecule is Cc1cccc(C=O)n1.Cc1noc(C)c1CN/C=C\C(=N)N. The number of rotatable bonds is 5. The van der Waals surface area contributed by atoms with E-state index in [1.165, 1.54) is 6.08 Å². The van der Waals surface area contributed by atoms with Crippen LogP contribution in [0.3, 0.4) is 0 Å². The van der Waals surface area contributed by atoms with Crippen molar-refractivity contribution in [2.24, 2.45) is 5.73 Å². The molecule has 0 saturated heterocycles. The topological polar surface area (TPSA) is 118 Å². The highest BCUT2D eigenvalue weighted by atomic mass is 16.5. The first-order valence-corrected chi connectivity index (χ1v) is 6.98. The molecule has 2 aromatic heterocycles. The Labute approximate surface area is 135 Å². The Balaban J connectivity index is 0.000000253. The molecule has 0 aliphatic heterocycles. The molecule has 2 aromatic rings. The molecule has 0 atom stereocenters. The normalized spacial score (nSPS) is 10.0. The molecule has 0 aromatic carbocycles. The second-order valence-corrected chi connectivity index (χ2v) is 4.79. The fourth-order valence-electron chi connectivity index (χ4n) is 1.69. The summed E-state index contributed by atoms with van der Waals surface area (Å²) in [6.07, 6.45) is 3.86. The lowest BCUT2D eigenvalue weighted by Crippen LogP contribution is -2.10. The third-order valence-electron chi connectivity index (χ3n) is 2.87. The van der Waals surface area contributed by atoms with Crippen molar-refractivity contribution in [2.75, 3.05) is 0 Å². The van der Waals surface area contributed by atoms with E-state index in [1.807, 2.05) is 32.9 Å². The Kier molecular flexibility index (Phi) is 7.19. The van der Waals surface area contributed by atoms with Crippen LogP contribution in [0.2, 0.25) is 0 Å². The molecule has 0 radical (unpaired) electrons. The highest BCUT2D eigenvalue weighted by molar-refractivity contribution is 5.88. The van der Waals surface area contributed by atoms with Gasteiger partial charge in [-0.2, -0.15) is 0 Å². The van der Waals surface area contributed by atoms with Crippen molar-refractivity contribution in [1.29, 1.82) is 5.41 Å². The van der Waals surface area contributed by atoms with Crippen molar-refractivity contribution in [3.8, 4) is 0 Å². The minimum atomic E-state index is 0.0243. The van der Waals surface area contributed by atoms with Crippen LogP contribution in [0.25, 0.3) is 0 Å². The summed E-state index contributed by atoms with van der Waals surface area (Å²) < 4.78 is 4.99. The molecule has 4 N–H and O–H groups in total. The van der Waals surface area contributed by atoms with Crippen molar-refractivity contribution < 1.29 is 9.32 Å². The molecule has 2 heterocycles. The molecule has 122 valence electrons. The number of nitrogens with one attached hydrogen (secondary N) is 2. The monoisotopic (exact) mass is 315 g/mol. The van der Waals surface area contributed by atoms with E-state index in [1.54, 1.807) is 12.3 Å². The summed E-state index contributed by atoms with van der Waals surface area (Å²) in [6, 6.07) is 5.35. The fourth-order valence-corrected chi connectivity index (χ4v) is 1.69.